The smallest absolute Gasteiger partial charge is 0.110 e. The molecule has 0 unspecified atom stereocenters. The first-order valence-corrected chi connectivity index (χ1v) is 7.06. The van der Waals surface area contributed by atoms with Crippen LogP contribution in [-0.4, -0.2) is 9.55 Å². The Balaban J connectivity index is 2.09. The number of nitrogens with zero attached hydrogens (tertiary/aromatic N) is 2. The highest BCUT2D eigenvalue weighted by Crippen LogP contribution is 2.21. The van der Waals surface area contributed by atoms with Crippen molar-refractivity contribution in [2.45, 2.75) is 26.3 Å². The molecule has 0 saturated heterocycles. The summed E-state index contributed by atoms with van der Waals surface area (Å²) in [5.74, 6) is 1.14. The first-order chi connectivity index (χ1) is 9.78. The minimum Gasteiger partial charge on any atom is -0.399 e. The molecule has 0 amide bonds. The number of anilines is 1. The zero-order chi connectivity index (χ0) is 13.9. The molecule has 102 valence electrons. The highest BCUT2D eigenvalue weighted by atomic mass is 15.1. The quantitative estimate of drug-likeness (QED) is 0.732. The van der Waals surface area contributed by atoms with Gasteiger partial charge in [0.1, 0.15) is 5.82 Å². The van der Waals surface area contributed by atoms with Gasteiger partial charge in [-0.2, -0.15) is 0 Å². The predicted molar refractivity (Wildman–Crippen MR) is 83.7 cm³/mol. The summed E-state index contributed by atoms with van der Waals surface area (Å²) in [7, 11) is 0. The Morgan fingerprint density at radius 3 is 2.65 bits per heavy atom. The largest absolute Gasteiger partial charge is 0.399 e. The van der Waals surface area contributed by atoms with Crippen molar-refractivity contribution in [3.05, 3.63) is 59.9 Å². The zero-order valence-electron chi connectivity index (χ0n) is 11.7. The number of nitrogens with two attached hydrogens (primary N) is 1. The first-order valence-electron chi connectivity index (χ1n) is 7.06. The number of hydrogen-bond acceptors (Lipinski definition) is 2. The lowest BCUT2D eigenvalue weighted by Gasteiger charge is -2.09. The van der Waals surface area contributed by atoms with E-state index in [2.05, 4.69) is 41.8 Å². The Morgan fingerprint density at radius 1 is 1.10 bits per heavy atom. The summed E-state index contributed by atoms with van der Waals surface area (Å²) in [4.78, 5) is 4.74. The van der Waals surface area contributed by atoms with Crippen LogP contribution in [0.2, 0.25) is 0 Å². The second-order valence-electron chi connectivity index (χ2n) is 5.10. The van der Waals surface area contributed by atoms with Crippen LogP contribution in [0.25, 0.3) is 11.0 Å². The van der Waals surface area contributed by atoms with E-state index in [0.29, 0.717) is 0 Å². The van der Waals surface area contributed by atoms with Crippen LogP contribution in [0, 0.1) is 0 Å². The number of rotatable bonds is 4. The van der Waals surface area contributed by atoms with E-state index in [1.54, 1.807) is 0 Å². The fraction of sp³-hybridized carbons (Fsp3) is 0.235. The number of aryl methyl sites for hydroxylation is 1. The van der Waals surface area contributed by atoms with Gasteiger partial charge in [0.15, 0.2) is 0 Å². The average Bonchev–Trinajstić information content (AvgIpc) is 2.77. The van der Waals surface area contributed by atoms with Gasteiger partial charge in [-0.25, -0.2) is 4.98 Å². The first kappa shape index (κ1) is 12.7. The van der Waals surface area contributed by atoms with Crippen LogP contribution in [0.15, 0.2) is 48.5 Å². The van der Waals surface area contributed by atoms with Crippen LogP contribution in [0.5, 0.6) is 0 Å². The van der Waals surface area contributed by atoms with Crippen molar-refractivity contribution in [3.8, 4) is 0 Å². The van der Waals surface area contributed by atoms with Gasteiger partial charge in [0.2, 0.25) is 0 Å². The van der Waals surface area contributed by atoms with Gasteiger partial charge < -0.3 is 10.3 Å². The van der Waals surface area contributed by atoms with Crippen LogP contribution in [0.1, 0.15) is 24.7 Å². The molecule has 0 aliphatic rings. The molecule has 0 aliphatic carbocycles. The zero-order valence-corrected chi connectivity index (χ0v) is 11.7. The molecular weight excluding hydrogens is 246 g/mol. The third-order valence-electron chi connectivity index (χ3n) is 3.51. The van der Waals surface area contributed by atoms with Gasteiger partial charge in [-0.1, -0.05) is 37.3 Å². The highest BCUT2D eigenvalue weighted by Gasteiger charge is 2.10. The second-order valence-corrected chi connectivity index (χ2v) is 5.10. The number of benzene rings is 2. The van der Waals surface area contributed by atoms with Crippen LogP contribution < -0.4 is 5.73 Å². The number of aromatic nitrogens is 2. The summed E-state index contributed by atoms with van der Waals surface area (Å²) in [6.45, 7) is 3.04. The van der Waals surface area contributed by atoms with Crippen molar-refractivity contribution in [2.24, 2.45) is 0 Å². The minimum absolute atomic E-state index is 0.768. The molecule has 1 aromatic heterocycles. The molecule has 0 atom stereocenters. The Kier molecular flexibility index (Phi) is 3.42. The van der Waals surface area contributed by atoms with Gasteiger partial charge in [-0.05, 0) is 30.2 Å². The molecule has 3 heteroatoms. The van der Waals surface area contributed by atoms with E-state index in [-0.39, 0.29) is 0 Å². The van der Waals surface area contributed by atoms with Crippen molar-refractivity contribution >= 4 is 16.7 Å². The third kappa shape index (κ3) is 2.39. The summed E-state index contributed by atoms with van der Waals surface area (Å²) >= 11 is 0. The molecule has 0 saturated carbocycles. The fourth-order valence-corrected chi connectivity index (χ4v) is 2.55. The summed E-state index contributed by atoms with van der Waals surface area (Å²) in [6, 6.07) is 16.5. The summed E-state index contributed by atoms with van der Waals surface area (Å²) in [6.07, 6.45) is 2.08. The van der Waals surface area contributed by atoms with E-state index in [1.165, 1.54) is 5.56 Å². The molecule has 2 N–H and O–H groups in total. The van der Waals surface area contributed by atoms with E-state index in [0.717, 1.165) is 41.9 Å². The normalized spacial score (nSPS) is 11.1. The summed E-state index contributed by atoms with van der Waals surface area (Å²) in [5.41, 5.74) is 10.1. The SMILES string of the molecule is CCCc1nc2cc(N)ccc2n1Cc1ccccc1. The Labute approximate surface area is 119 Å². The molecule has 2 aromatic carbocycles. The monoisotopic (exact) mass is 265 g/mol. The Morgan fingerprint density at radius 2 is 1.90 bits per heavy atom. The van der Waals surface area contributed by atoms with Gasteiger partial charge in [0.25, 0.3) is 0 Å². The summed E-state index contributed by atoms with van der Waals surface area (Å²) < 4.78 is 2.30. The lowest BCUT2D eigenvalue weighted by molar-refractivity contribution is 0.722. The maximum absolute atomic E-state index is 5.86. The number of fused-ring (bicyclic) bond motifs is 1. The van der Waals surface area contributed by atoms with Crippen molar-refractivity contribution in [3.63, 3.8) is 0 Å². The molecule has 1 heterocycles. The van der Waals surface area contributed by atoms with E-state index in [1.807, 2.05) is 18.2 Å². The van der Waals surface area contributed by atoms with Gasteiger partial charge in [-0.15, -0.1) is 0 Å². The molecule has 0 bridgehead atoms. The van der Waals surface area contributed by atoms with E-state index in [9.17, 15) is 0 Å². The lowest BCUT2D eigenvalue weighted by atomic mass is 10.2. The molecular formula is C17H19N3. The van der Waals surface area contributed by atoms with Crippen LogP contribution in [0.4, 0.5) is 5.69 Å². The van der Waals surface area contributed by atoms with Crippen LogP contribution in [0.3, 0.4) is 0 Å². The van der Waals surface area contributed by atoms with Gasteiger partial charge >= 0.3 is 0 Å². The molecule has 3 aromatic rings. The molecule has 0 aliphatic heterocycles. The molecule has 0 radical (unpaired) electrons. The van der Waals surface area contributed by atoms with Gasteiger partial charge in [0, 0.05) is 18.7 Å². The molecule has 3 nitrogen and oxygen atoms in total. The molecule has 0 spiro atoms. The van der Waals surface area contributed by atoms with Crippen LogP contribution in [-0.2, 0) is 13.0 Å². The molecule has 20 heavy (non-hydrogen) atoms. The van der Waals surface area contributed by atoms with Crippen molar-refractivity contribution < 1.29 is 0 Å². The number of nitrogen functional groups attached to an aromatic ring is 1. The Bertz CT molecular complexity index is 714. The molecule has 0 fully saturated rings. The van der Waals surface area contributed by atoms with E-state index in [4.69, 9.17) is 10.7 Å². The van der Waals surface area contributed by atoms with Crippen molar-refractivity contribution in [1.29, 1.82) is 0 Å². The van der Waals surface area contributed by atoms with Crippen molar-refractivity contribution in [2.75, 3.05) is 5.73 Å². The maximum atomic E-state index is 5.86. The minimum atomic E-state index is 0.768. The fourth-order valence-electron chi connectivity index (χ4n) is 2.55. The third-order valence-corrected chi connectivity index (χ3v) is 3.51. The van der Waals surface area contributed by atoms with Crippen LogP contribution >= 0.6 is 0 Å². The van der Waals surface area contributed by atoms with Gasteiger partial charge in [0.05, 0.1) is 11.0 Å². The highest BCUT2D eigenvalue weighted by molar-refractivity contribution is 5.79. The van der Waals surface area contributed by atoms with E-state index >= 15 is 0 Å². The van der Waals surface area contributed by atoms with Gasteiger partial charge in [-0.3, -0.25) is 0 Å². The number of hydrogen-bond donors (Lipinski definition) is 1. The lowest BCUT2D eigenvalue weighted by Crippen LogP contribution is -2.05. The van der Waals surface area contributed by atoms with Crippen molar-refractivity contribution in [1.82, 2.24) is 9.55 Å². The molecule has 3 rings (SSSR count). The Hall–Kier alpha value is -2.29. The predicted octanol–water partition coefficient (Wildman–Crippen LogP) is 3.62. The number of imidazole rings is 1. The standard InChI is InChI=1S/C17H19N3/c1-2-6-17-19-15-11-14(18)9-10-16(15)20(17)12-13-7-4-3-5-8-13/h3-5,7-11H,2,6,12,18H2,1H3. The second kappa shape index (κ2) is 5.37. The topological polar surface area (TPSA) is 43.8 Å². The maximum Gasteiger partial charge on any atom is 0.110 e. The summed E-state index contributed by atoms with van der Waals surface area (Å²) in [5, 5.41) is 0. The van der Waals surface area contributed by atoms with E-state index < -0.39 is 0 Å². The average molecular weight is 265 g/mol.